The summed E-state index contributed by atoms with van der Waals surface area (Å²) in [7, 11) is -1.20. The van der Waals surface area contributed by atoms with Crippen molar-refractivity contribution in [3.05, 3.63) is 29.3 Å². The summed E-state index contributed by atoms with van der Waals surface area (Å²) in [4.78, 5) is 13.2. The number of nitrogens with zero attached hydrogens (tertiary/aromatic N) is 1. The Balaban J connectivity index is 1.91. The molecule has 2 saturated heterocycles. The lowest BCUT2D eigenvalue weighted by Gasteiger charge is -2.36. The highest BCUT2D eigenvalue weighted by Crippen LogP contribution is 2.37. The molecule has 1 atom stereocenters. The van der Waals surface area contributed by atoms with Crippen LogP contribution in [0.3, 0.4) is 0 Å². The number of carbonyl (C=O) groups excluding carboxylic acids is 1. The fourth-order valence-corrected chi connectivity index (χ4v) is 3.55. The predicted octanol–water partition coefficient (Wildman–Crippen LogP) is 3.82. The second-order valence-corrected chi connectivity index (χ2v) is 8.47. The Kier molecular flexibility index (Phi) is 5.49. The van der Waals surface area contributed by atoms with Crippen LogP contribution >= 0.6 is 0 Å². The Morgan fingerprint density at radius 3 is 2.21 bits per heavy atom. The first-order valence-corrected chi connectivity index (χ1v) is 9.47. The largest absolute Gasteiger partial charge is 0.497 e. The maximum atomic E-state index is 14.7. The van der Waals surface area contributed by atoms with Crippen LogP contribution in [0.2, 0.25) is 0 Å². The van der Waals surface area contributed by atoms with Gasteiger partial charge in [-0.05, 0) is 53.0 Å². The van der Waals surface area contributed by atoms with Crippen LogP contribution in [-0.4, -0.2) is 47.9 Å². The van der Waals surface area contributed by atoms with E-state index in [0.29, 0.717) is 17.7 Å². The highest BCUT2D eigenvalue weighted by molar-refractivity contribution is 6.62. The van der Waals surface area contributed by atoms with Crippen molar-refractivity contribution in [2.24, 2.45) is 0 Å². The number of piperidine rings is 1. The van der Waals surface area contributed by atoms with E-state index in [1.165, 1.54) is 0 Å². The normalized spacial score (nSPS) is 24.1. The maximum absolute atomic E-state index is 14.7. The molecule has 1 unspecified atom stereocenters. The Hall–Kier alpha value is -1.68. The average Bonchev–Trinajstić information content (AvgIpc) is 2.83. The molecule has 0 aliphatic carbocycles. The molecule has 1 aromatic carbocycles. The third-order valence-electron chi connectivity index (χ3n) is 5.99. The van der Waals surface area contributed by atoms with Crippen LogP contribution in [0.5, 0.6) is 0 Å². The van der Waals surface area contributed by atoms with E-state index >= 15 is 0 Å². The summed E-state index contributed by atoms with van der Waals surface area (Å²) < 4.78 is 80.6. The molecule has 10 heteroatoms. The number of hydrogen-bond donors (Lipinski definition) is 0. The maximum Gasteiger partial charge on any atom is 0.497 e. The van der Waals surface area contributed by atoms with Crippen molar-refractivity contribution in [3.63, 3.8) is 0 Å². The Morgan fingerprint density at radius 1 is 1.07 bits per heavy atom. The number of amides is 1. The Morgan fingerprint density at radius 2 is 1.66 bits per heavy atom. The highest BCUT2D eigenvalue weighted by atomic mass is 19.4. The molecule has 0 aromatic heterocycles. The van der Waals surface area contributed by atoms with Crippen LogP contribution in [0.1, 0.15) is 57.3 Å². The van der Waals surface area contributed by atoms with Crippen molar-refractivity contribution in [3.8, 4) is 0 Å². The molecule has 1 amide bonds. The molecule has 2 fully saturated rings. The molecule has 4 nitrogen and oxygen atoms in total. The van der Waals surface area contributed by atoms with E-state index in [2.05, 4.69) is 0 Å². The number of rotatable bonds is 2. The monoisotopic (exact) mass is 419 g/mol. The van der Waals surface area contributed by atoms with Gasteiger partial charge in [0.2, 0.25) is 0 Å². The molecule has 2 aliphatic heterocycles. The summed E-state index contributed by atoms with van der Waals surface area (Å²) in [5, 5.41) is 0. The van der Waals surface area contributed by atoms with Crippen molar-refractivity contribution >= 4 is 18.5 Å². The summed E-state index contributed by atoms with van der Waals surface area (Å²) >= 11 is 0. The van der Waals surface area contributed by atoms with Gasteiger partial charge in [-0.15, -0.1) is 0 Å². The first-order chi connectivity index (χ1) is 13.3. The van der Waals surface area contributed by atoms with Crippen LogP contribution < -0.4 is 5.46 Å². The number of likely N-dealkylation sites (tertiary alicyclic amines) is 1. The van der Waals surface area contributed by atoms with Crippen molar-refractivity contribution in [1.29, 1.82) is 0 Å². The fraction of sp³-hybridized carbons (Fsp3) is 0.632. The van der Waals surface area contributed by atoms with E-state index in [0.717, 1.165) is 12.1 Å². The molecular formula is C19H23BF5NO3. The molecule has 1 aromatic rings. The summed E-state index contributed by atoms with van der Waals surface area (Å²) in [6.07, 6.45) is -4.21. The molecule has 0 saturated carbocycles. The Labute approximate surface area is 166 Å². The van der Waals surface area contributed by atoms with Crippen molar-refractivity contribution < 1.29 is 36.1 Å². The van der Waals surface area contributed by atoms with Crippen LogP contribution in [0, 0.1) is 11.6 Å². The molecule has 0 spiro atoms. The lowest BCUT2D eigenvalue weighted by atomic mass is 9.78. The lowest BCUT2D eigenvalue weighted by Crippen LogP contribution is -2.51. The molecule has 0 radical (unpaired) electrons. The van der Waals surface area contributed by atoms with E-state index in [4.69, 9.17) is 9.31 Å². The SMILES string of the molecule is CC1(C)OB(c2ccc(C(=O)N3CCCCC3C(F)(F)F)c(F)c2F)OC1(C)C. The molecule has 0 N–H and O–H groups in total. The predicted molar refractivity (Wildman–Crippen MR) is 96.8 cm³/mol. The van der Waals surface area contributed by atoms with Gasteiger partial charge in [-0.1, -0.05) is 6.07 Å². The molecular weight excluding hydrogens is 396 g/mol. The minimum atomic E-state index is -4.63. The second-order valence-electron chi connectivity index (χ2n) is 8.47. The van der Waals surface area contributed by atoms with Crippen LogP contribution in [0.25, 0.3) is 0 Å². The zero-order valence-corrected chi connectivity index (χ0v) is 16.7. The third kappa shape index (κ3) is 3.88. The quantitative estimate of drug-likeness (QED) is 0.541. The number of carbonyl (C=O) groups is 1. The number of hydrogen-bond acceptors (Lipinski definition) is 3. The molecule has 160 valence electrons. The van der Waals surface area contributed by atoms with Crippen LogP contribution in [0.15, 0.2) is 12.1 Å². The van der Waals surface area contributed by atoms with Gasteiger partial charge in [0.1, 0.15) is 6.04 Å². The summed E-state index contributed by atoms with van der Waals surface area (Å²) in [6, 6.07) is 0.109. The lowest BCUT2D eigenvalue weighted by molar-refractivity contribution is -0.183. The second kappa shape index (κ2) is 7.23. The van der Waals surface area contributed by atoms with Crippen molar-refractivity contribution in [1.82, 2.24) is 4.90 Å². The highest BCUT2D eigenvalue weighted by Gasteiger charge is 2.53. The van der Waals surface area contributed by atoms with E-state index < -0.39 is 53.6 Å². The summed E-state index contributed by atoms with van der Waals surface area (Å²) in [5.74, 6) is -4.05. The summed E-state index contributed by atoms with van der Waals surface area (Å²) in [6.45, 7) is 6.81. The van der Waals surface area contributed by atoms with Crippen LogP contribution in [-0.2, 0) is 9.31 Å². The van der Waals surface area contributed by atoms with E-state index in [1.54, 1.807) is 27.7 Å². The van der Waals surface area contributed by atoms with Crippen molar-refractivity contribution in [2.45, 2.75) is 70.4 Å². The van der Waals surface area contributed by atoms with E-state index in [1.807, 2.05) is 0 Å². The van der Waals surface area contributed by atoms with Gasteiger partial charge in [0.05, 0.1) is 16.8 Å². The van der Waals surface area contributed by atoms with E-state index in [-0.39, 0.29) is 18.4 Å². The minimum absolute atomic E-state index is 0.164. The first kappa shape index (κ1) is 22.0. The average molecular weight is 419 g/mol. The first-order valence-electron chi connectivity index (χ1n) is 9.47. The van der Waals surface area contributed by atoms with Gasteiger partial charge in [0.15, 0.2) is 11.6 Å². The molecule has 3 rings (SSSR count). The van der Waals surface area contributed by atoms with Gasteiger partial charge in [0.25, 0.3) is 5.91 Å². The molecule has 0 bridgehead atoms. The van der Waals surface area contributed by atoms with Gasteiger partial charge in [-0.2, -0.15) is 13.2 Å². The Bertz CT molecular complexity index is 796. The molecule has 2 heterocycles. The summed E-state index contributed by atoms with van der Waals surface area (Å²) in [5.41, 5.74) is -2.56. The smallest absolute Gasteiger partial charge is 0.399 e. The zero-order chi connectivity index (χ0) is 21.8. The van der Waals surface area contributed by atoms with E-state index in [9.17, 15) is 26.7 Å². The fourth-order valence-electron chi connectivity index (χ4n) is 3.55. The number of benzene rings is 1. The van der Waals surface area contributed by atoms with Crippen LogP contribution in [0.4, 0.5) is 22.0 Å². The van der Waals surface area contributed by atoms with Gasteiger partial charge < -0.3 is 14.2 Å². The minimum Gasteiger partial charge on any atom is -0.399 e. The third-order valence-corrected chi connectivity index (χ3v) is 5.99. The van der Waals surface area contributed by atoms with Gasteiger partial charge in [-0.25, -0.2) is 8.78 Å². The van der Waals surface area contributed by atoms with Gasteiger partial charge in [-0.3, -0.25) is 4.79 Å². The zero-order valence-electron chi connectivity index (χ0n) is 16.7. The molecule has 29 heavy (non-hydrogen) atoms. The van der Waals surface area contributed by atoms with Crippen molar-refractivity contribution in [2.75, 3.05) is 6.54 Å². The standard InChI is InChI=1S/C19H23BF5NO3/c1-17(2)18(3,4)29-20(28-17)12-9-8-11(14(21)15(12)22)16(27)26-10-6-5-7-13(26)19(23,24)25/h8-9,13H,5-7,10H2,1-4H3. The topological polar surface area (TPSA) is 38.8 Å². The van der Waals surface area contributed by atoms with Gasteiger partial charge >= 0.3 is 13.3 Å². The number of halogens is 5. The van der Waals surface area contributed by atoms with Gasteiger partial charge in [0, 0.05) is 12.0 Å². The molecule has 2 aliphatic rings. The number of alkyl halides is 3.